The standard InChI is InChI=1S/C15H20F4N2/c1-14(2,3)21-7-6-12(20)13(21)10-5-4-9(16)8-11(10)15(17,18)19/h4-5,8,12-13H,6-7,20H2,1-3H3. The summed E-state index contributed by atoms with van der Waals surface area (Å²) in [5.41, 5.74) is 4.86. The molecule has 6 heteroatoms. The highest BCUT2D eigenvalue weighted by Crippen LogP contribution is 2.42. The number of halogens is 4. The van der Waals surface area contributed by atoms with Crippen molar-refractivity contribution in [1.29, 1.82) is 0 Å². The lowest BCUT2D eigenvalue weighted by Crippen LogP contribution is -2.44. The van der Waals surface area contributed by atoms with E-state index in [0.717, 1.165) is 6.07 Å². The molecule has 2 rings (SSSR count). The summed E-state index contributed by atoms with van der Waals surface area (Å²) in [7, 11) is 0. The third-order valence-electron chi connectivity index (χ3n) is 3.95. The predicted molar refractivity (Wildman–Crippen MR) is 73.2 cm³/mol. The van der Waals surface area contributed by atoms with Crippen LogP contribution in [0.15, 0.2) is 18.2 Å². The first-order valence-corrected chi connectivity index (χ1v) is 6.91. The molecule has 0 amide bonds. The average Bonchev–Trinajstić information content (AvgIpc) is 2.70. The third kappa shape index (κ3) is 3.21. The maximum atomic E-state index is 13.2. The van der Waals surface area contributed by atoms with Crippen LogP contribution in [0.25, 0.3) is 0 Å². The number of hydrogen-bond donors (Lipinski definition) is 1. The van der Waals surface area contributed by atoms with Gasteiger partial charge in [-0.3, -0.25) is 4.90 Å². The Bertz CT molecular complexity index is 519. The second-order valence-corrected chi connectivity index (χ2v) is 6.49. The molecule has 21 heavy (non-hydrogen) atoms. The summed E-state index contributed by atoms with van der Waals surface area (Å²) in [6.07, 6.45) is -3.97. The maximum absolute atomic E-state index is 13.2. The molecular formula is C15H20F4N2. The van der Waals surface area contributed by atoms with Crippen molar-refractivity contribution in [2.45, 2.75) is 51.0 Å². The van der Waals surface area contributed by atoms with Gasteiger partial charge in [-0.1, -0.05) is 6.07 Å². The maximum Gasteiger partial charge on any atom is 0.416 e. The van der Waals surface area contributed by atoms with Crippen molar-refractivity contribution in [2.75, 3.05) is 6.54 Å². The Morgan fingerprint density at radius 1 is 1.19 bits per heavy atom. The van der Waals surface area contributed by atoms with Gasteiger partial charge in [0.25, 0.3) is 0 Å². The monoisotopic (exact) mass is 304 g/mol. The lowest BCUT2D eigenvalue weighted by Gasteiger charge is -2.39. The predicted octanol–water partition coefficient (Wildman–Crippen LogP) is 3.72. The van der Waals surface area contributed by atoms with E-state index in [1.54, 1.807) is 0 Å². The minimum Gasteiger partial charge on any atom is -0.326 e. The van der Waals surface area contributed by atoms with Crippen molar-refractivity contribution in [1.82, 2.24) is 4.90 Å². The molecule has 1 saturated heterocycles. The Balaban J connectivity index is 2.54. The molecule has 0 saturated carbocycles. The largest absolute Gasteiger partial charge is 0.416 e. The van der Waals surface area contributed by atoms with Crippen molar-refractivity contribution in [2.24, 2.45) is 5.73 Å². The van der Waals surface area contributed by atoms with Gasteiger partial charge in [-0.2, -0.15) is 13.2 Å². The van der Waals surface area contributed by atoms with Gasteiger partial charge in [-0.05, 0) is 44.9 Å². The van der Waals surface area contributed by atoms with E-state index in [2.05, 4.69) is 0 Å². The second kappa shape index (κ2) is 5.25. The summed E-state index contributed by atoms with van der Waals surface area (Å²) in [4.78, 5) is 1.96. The van der Waals surface area contributed by atoms with E-state index in [4.69, 9.17) is 5.73 Å². The molecule has 118 valence electrons. The minimum atomic E-state index is -4.59. The van der Waals surface area contributed by atoms with Gasteiger partial charge in [0, 0.05) is 18.1 Å². The molecule has 1 aliphatic heterocycles. The zero-order chi connectivity index (χ0) is 16.0. The van der Waals surface area contributed by atoms with Crippen molar-refractivity contribution < 1.29 is 17.6 Å². The first-order chi connectivity index (χ1) is 9.51. The van der Waals surface area contributed by atoms with E-state index in [0.29, 0.717) is 19.0 Å². The minimum absolute atomic E-state index is 0.0591. The summed E-state index contributed by atoms with van der Waals surface area (Å²) < 4.78 is 52.9. The molecule has 0 aliphatic carbocycles. The SMILES string of the molecule is CC(C)(C)N1CCC(N)C1c1ccc(F)cc1C(F)(F)F. The summed E-state index contributed by atoms with van der Waals surface area (Å²) in [6.45, 7) is 6.45. The number of nitrogens with two attached hydrogens (primary N) is 1. The zero-order valence-corrected chi connectivity index (χ0v) is 12.3. The average molecular weight is 304 g/mol. The summed E-state index contributed by atoms with van der Waals surface area (Å²) in [5.74, 6) is -0.889. The summed E-state index contributed by atoms with van der Waals surface area (Å²) in [5, 5.41) is 0. The van der Waals surface area contributed by atoms with E-state index in [-0.39, 0.29) is 11.1 Å². The van der Waals surface area contributed by atoms with Gasteiger partial charge in [0.05, 0.1) is 11.6 Å². The van der Waals surface area contributed by atoms with E-state index < -0.39 is 29.6 Å². The Labute approximate surface area is 121 Å². The highest BCUT2D eigenvalue weighted by atomic mass is 19.4. The van der Waals surface area contributed by atoms with Gasteiger partial charge >= 0.3 is 6.18 Å². The van der Waals surface area contributed by atoms with Gasteiger partial charge < -0.3 is 5.73 Å². The smallest absolute Gasteiger partial charge is 0.326 e. The molecule has 1 fully saturated rings. The summed E-state index contributed by atoms with van der Waals surface area (Å²) >= 11 is 0. The highest BCUT2D eigenvalue weighted by Gasteiger charge is 2.43. The number of likely N-dealkylation sites (tertiary alicyclic amines) is 1. The second-order valence-electron chi connectivity index (χ2n) is 6.49. The molecule has 0 aromatic heterocycles. The Morgan fingerprint density at radius 2 is 1.81 bits per heavy atom. The van der Waals surface area contributed by atoms with Crippen LogP contribution in [0.2, 0.25) is 0 Å². The van der Waals surface area contributed by atoms with Crippen LogP contribution in [0, 0.1) is 5.82 Å². The molecule has 0 radical (unpaired) electrons. The van der Waals surface area contributed by atoms with Crippen LogP contribution >= 0.6 is 0 Å². The number of alkyl halides is 3. The number of benzene rings is 1. The van der Waals surface area contributed by atoms with Crippen LogP contribution in [-0.2, 0) is 6.18 Å². The molecule has 1 heterocycles. The fraction of sp³-hybridized carbons (Fsp3) is 0.600. The first-order valence-electron chi connectivity index (χ1n) is 6.91. The van der Waals surface area contributed by atoms with Crippen LogP contribution in [0.1, 0.15) is 44.4 Å². The molecule has 1 aromatic carbocycles. The molecule has 2 unspecified atom stereocenters. The zero-order valence-electron chi connectivity index (χ0n) is 12.3. The topological polar surface area (TPSA) is 29.3 Å². The molecule has 2 N–H and O–H groups in total. The van der Waals surface area contributed by atoms with Gasteiger partial charge in [0.2, 0.25) is 0 Å². The van der Waals surface area contributed by atoms with Gasteiger partial charge in [-0.15, -0.1) is 0 Å². The molecule has 2 atom stereocenters. The van der Waals surface area contributed by atoms with Crippen molar-refractivity contribution in [3.63, 3.8) is 0 Å². The van der Waals surface area contributed by atoms with E-state index in [1.807, 2.05) is 25.7 Å². The quantitative estimate of drug-likeness (QED) is 0.801. The molecule has 1 aliphatic rings. The molecule has 0 bridgehead atoms. The van der Waals surface area contributed by atoms with Crippen LogP contribution in [0.4, 0.5) is 17.6 Å². The molecule has 2 nitrogen and oxygen atoms in total. The summed E-state index contributed by atoms with van der Waals surface area (Å²) in [6, 6.07) is 1.89. The third-order valence-corrected chi connectivity index (χ3v) is 3.95. The van der Waals surface area contributed by atoms with Crippen LogP contribution in [0.5, 0.6) is 0 Å². The Kier molecular flexibility index (Phi) is 4.06. The molecule has 0 spiro atoms. The van der Waals surface area contributed by atoms with Crippen molar-refractivity contribution in [3.8, 4) is 0 Å². The Hall–Kier alpha value is -1.14. The molecule has 1 aromatic rings. The highest BCUT2D eigenvalue weighted by molar-refractivity contribution is 5.35. The van der Waals surface area contributed by atoms with E-state index >= 15 is 0 Å². The lowest BCUT2D eigenvalue weighted by atomic mass is 9.93. The van der Waals surface area contributed by atoms with E-state index in [1.165, 1.54) is 6.07 Å². The fourth-order valence-corrected chi connectivity index (χ4v) is 3.00. The van der Waals surface area contributed by atoms with Crippen molar-refractivity contribution in [3.05, 3.63) is 35.1 Å². The lowest BCUT2D eigenvalue weighted by molar-refractivity contribution is -0.139. The van der Waals surface area contributed by atoms with Gasteiger partial charge in [0.1, 0.15) is 5.82 Å². The normalized spacial score (nSPS) is 24.6. The van der Waals surface area contributed by atoms with Crippen molar-refractivity contribution >= 4 is 0 Å². The number of rotatable bonds is 1. The van der Waals surface area contributed by atoms with Crippen LogP contribution in [0.3, 0.4) is 0 Å². The fourth-order valence-electron chi connectivity index (χ4n) is 3.00. The number of hydrogen-bond acceptors (Lipinski definition) is 2. The van der Waals surface area contributed by atoms with Crippen LogP contribution < -0.4 is 5.73 Å². The first kappa shape index (κ1) is 16.2. The van der Waals surface area contributed by atoms with Gasteiger partial charge in [0.15, 0.2) is 0 Å². The molecular weight excluding hydrogens is 284 g/mol. The van der Waals surface area contributed by atoms with Gasteiger partial charge in [-0.25, -0.2) is 4.39 Å². The number of nitrogens with zero attached hydrogens (tertiary/aromatic N) is 1. The van der Waals surface area contributed by atoms with E-state index in [9.17, 15) is 17.6 Å². The Morgan fingerprint density at radius 3 is 2.33 bits per heavy atom. The van der Waals surface area contributed by atoms with Crippen LogP contribution in [-0.4, -0.2) is 23.0 Å².